The van der Waals surface area contributed by atoms with Crippen molar-refractivity contribution in [2.24, 2.45) is 5.92 Å². The van der Waals surface area contributed by atoms with E-state index in [4.69, 9.17) is 5.73 Å². The molecule has 0 saturated carbocycles. The van der Waals surface area contributed by atoms with Gasteiger partial charge in [0.25, 0.3) is 0 Å². The van der Waals surface area contributed by atoms with Crippen LogP contribution in [0.25, 0.3) is 22.3 Å². The van der Waals surface area contributed by atoms with Crippen LogP contribution in [0.5, 0.6) is 0 Å². The highest BCUT2D eigenvalue weighted by Crippen LogP contribution is 2.34. The first kappa shape index (κ1) is 22.3. The lowest BCUT2D eigenvalue weighted by atomic mass is 10.0. The molecule has 0 spiro atoms. The van der Waals surface area contributed by atoms with Crippen LogP contribution in [-0.2, 0) is 9.84 Å². The van der Waals surface area contributed by atoms with Crippen LogP contribution in [0.4, 0.5) is 14.6 Å². The highest BCUT2D eigenvalue weighted by molar-refractivity contribution is 7.92. The molecule has 0 aliphatic carbocycles. The third-order valence-corrected chi connectivity index (χ3v) is 7.70. The molecule has 168 valence electrons. The summed E-state index contributed by atoms with van der Waals surface area (Å²) in [5, 5.41) is 13.8. The Morgan fingerprint density at radius 3 is 2.50 bits per heavy atom. The lowest BCUT2D eigenvalue weighted by molar-refractivity contribution is 0.157. The minimum atomic E-state index is -4.08. The molecule has 2 atom stereocenters. The van der Waals surface area contributed by atoms with E-state index in [2.05, 4.69) is 10.3 Å². The summed E-state index contributed by atoms with van der Waals surface area (Å²) in [6.07, 6.45) is 2.65. The zero-order chi connectivity index (χ0) is 22.9. The summed E-state index contributed by atoms with van der Waals surface area (Å²) in [5.74, 6) is -2.13. The van der Waals surface area contributed by atoms with Crippen molar-refractivity contribution < 1.29 is 22.3 Å². The molecule has 2 heterocycles. The van der Waals surface area contributed by atoms with E-state index in [0.29, 0.717) is 18.5 Å². The van der Waals surface area contributed by atoms with E-state index >= 15 is 0 Å². The number of sulfone groups is 1. The average molecular weight is 460 g/mol. The van der Waals surface area contributed by atoms with Crippen molar-refractivity contribution in [1.29, 1.82) is 0 Å². The number of nitrogens with two attached hydrogens (primary N) is 1. The molecule has 32 heavy (non-hydrogen) atoms. The van der Waals surface area contributed by atoms with Crippen LogP contribution >= 0.6 is 0 Å². The van der Waals surface area contributed by atoms with E-state index in [1.165, 1.54) is 24.4 Å². The first-order chi connectivity index (χ1) is 15.3. The van der Waals surface area contributed by atoms with Crippen LogP contribution in [0.15, 0.2) is 59.6 Å². The van der Waals surface area contributed by atoms with E-state index < -0.39 is 32.8 Å². The number of aliphatic hydroxyl groups is 1. The van der Waals surface area contributed by atoms with Gasteiger partial charge in [-0.05, 0) is 43.1 Å². The number of hydrogen-bond acceptors (Lipinski definition) is 6. The number of aromatic nitrogens is 1. The summed E-state index contributed by atoms with van der Waals surface area (Å²) in [7, 11) is -4.08. The number of nitrogens with zero attached hydrogens (tertiary/aromatic N) is 1. The smallest absolute Gasteiger partial charge is 0.205 e. The van der Waals surface area contributed by atoms with Gasteiger partial charge >= 0.3 is 0 Å². The molecule has 0 amide bonds. The van der Waals surface area contributed by atoms with E-state index in [9.17, 15) is 22.3 Å². The first-order valence-corrected chi connectivity index (χ1v) is 11.8. The Morgan fingerprint density at radius 1 is 1.06 bits per heavy atom. The second-order valence-corrected chi connectivity index (χ2v) is 9.84. The number of rotatable bonds is 5. The molecule has 1 saturated heterocycles. The number of pyridine rings is 1. The van der Waals surface area contributed by atoms with Crippen LogP contribution in [0.3, 0.4) is 0 Å². The number of benzene rings is 2. The van der Waals surface area contributed by atoms with Gasteiger partial charge in [0.2, 0.25) is 9.84 Å². The molecule has 2 aromatic carbocycles. The molecule has 1 aliphatic heterocycles. The van der Waals surface area contributed by atoms with Crippen molar-refractivity contribution in [2.45, 2.75) is 23.2 Å². The highest BCUT2D eigenvalue weighted by Gasteiger charge is 2.35. The standard InChI is InChI=1S/C23H23F2N3O3S/c24-19-10-14(7-8-17(19)16-11-20(25)22(26)28-13-16)18-5-1-2-6-21(18)32(30,31)23(29)15-4-3-9-27-12-15/h1-2,5-8,10-11,13,15,23,27,29H,3-4,9,12H2,(H2,26,28). The summed E-state index contributed by atoms with van der Waals surface area (Å²) in [6, 6.07) is 11.5. The summed E-state index contributed by atoms with van der Waals surface area (Å²) in [5.41, 5.74) is 4.73. The summed E-state index contributed by atoms with van der Waals surface area (Å²) < 4.78 is 55.2. The van der Waals surface area contributed by atoms with Gasteiger partial charge in [0.15, 0.2) is 17.1 Å². The predicted molar refractivity (Wildman–Crippen MR) is 118 cm³/mol. The number of hydrogen-bond donors (Lipinski definition) is 3. The van der Waals surface area contributed by atoms with Crippen molar-refractivity contribution in [3.8, 4) is 22.3 Å². The first-order valence-electron chi connectivity index (χ1n) is 10.2. The van der Waals surface area contributed by atoms with Gasteiger partial charge < -0.3 is 16.2 Å². The minimum Gasteiger partial charge on any atom is -0.381 e. The fourth-order valence-electron chi connectivity index (χ4n) is 3.97. The number of halogens is 2. The number of aliphatic hydroxyl groups excluding tert-OH is 1. The van der Waals surface area contributed by atoms with Crippen LogP contribution in [0, 0.1) is 17.6 Å². The minimum absolute atomic E-state index is 0.0644. The topological polar surface area (TPSA) is 105 Å². The number of nitrogens with one attached hydrogen (secondary N) is 1. The molecule has 4 N–H and O–H groups in total. The van der Waals surface area contributed by atoms with Gasteiger partial charge in [-0.1, -0.05) is 30.3 Å². The Morgan fingerprint density at radius 2 is 1.81 bits per heavy atom. The predicted octanol–water partition coefficient (Wildman–Crippen LogP) is 3.37. The zero-order valence-electron chi connectivity index (χ0n) is 17.1. The molecule has 6 nitrogen and oxygen atoms in total. The third-order valence-electron chi connectivity index (χ3n) is 5.71. The van der Waals surface area contributed by atoms with Crippen molar-refractivity contribution in [3.05, 3.63) is 66.4 Å². The Labute approximate surface area is 185 Å². The highest BCUT2D eigenvalue weighted by atomic mass is 32.2. The van der Waals surface area contributed by atoms with Crippen LogP contribution in [0.1, 0.15) is 12.8 Å². The SMILES string of the molecule is Nc1ncc(-c2ccc(-c3ccccc3S(=O)(=O)C(O)C3CCCNC3)cc2F)cc1F. The Balaban J connectivity index is 1.72. The van der Waals surface area contributed by atoms with Crippen molar-refractivity contribution in [1.82, 2.24) is 10.3 Å². The van der Waals surface area contributed by atoms with Crippen molar-refractivity contribution >= 4 is 15.7 Å². The molecule has 0 radical (unpaired) electrons. The van der Waals surface area contributed by atoms with Gasteiger partial charge in [-0.25, -0.2) is 22.2 Å². The van der Waals surface area contributed by atoms with Gasteiger partial charge in [-0.3, -0.25) is 0 Å². The lowest BCUT2D eigenvalue weighted by Crippen LogP contribution is -2.40. The van der Waals surface area contributed by atoms with E-state index in [-0.39, 0.29) is 27.4 Å². The maximum Gasteiger partial charge on any atom is 0.205 e. The third kappa shape index (κ3) is 4.23. The Bertz CT molecular complexity index is 1240. The van der Waals surface area contributed by atoms with Gasteiger partial charge in [-0.2, -0.15) is 0 Å². The Hall–Kier alpha value is -2.88. The number of anilines is 1. The molecule has 3 aromatic rings. The molecule has 9 heteroatoms. The van der Waals surface area contributed by atoms with Crippen molar-refractivity contribution in [2.75, 3.05) is 18.8 Å². The monoisotopic (exact) mass is 459 g/mol. The Kier molecular flexibility index (Phi) is 6.23. The molecule has 4 rings (SSSR count). The molecular formula is C23H23F2N3O3S. The molecule has 1 aromatic heterocycles. The second-order valence-electron chi connectivity index (χ2n) is 7.82. The lowest BCUT2D eigenvalue weighted by Gasteiger charge is -2.27. The summed E-state index contributed by atoms with van der Waals surface area (Å²) in [6.45, 7) is 1.21. The molecule has 2 unspecified atom stereocenters. The largest absolute Gasteiger partial charge is 0.381 e. The van der Waals surface area contributed by atoms with Crippen LogP contribution in [0.2, 0.25) is 0 Å². The summed E-state index contributed by atoms with van der Waals surface area (Å²) in [4.78, 5) is 3.65. The maximum absolute atomic E-state index is 14.9. The van der Waals surface area contributed by atoms with Crippen molar-refractivity contribution in [3.63, 3.8) is 0 Å². The fourth-order valence-corrected chi connectivity index (χ4v) is 5.73. The molecule has 1 fully saturated rings. The van der Waals surface area contributed by atoms with E-state index in [1.54, 1.807) is 24.3 Å². The normalized spacial score (nSPS) is 17.8. The van der Waals surface area contributed by atoms with Gasteiger partial charge in [0.1, 0.15) is 5.82 Å². The fraction of sp³-hybridized carbons (Fsp3) is 0.261. The summed E-state index contributed by atoms with van der Waals surface area (Å²) >= 11 is 0. The molecule has 1 aliphatic rings. The number of piperidine rings is 1. The maximum atomic E-state index is 14.9. The van der Waals surface area contributed by atoms with Crippen LogP contribution in [-0.4, -0.2) is 37.0 Å². The molecular weight excluding hydrogens is 436 g/mol. The van der Waals surface area contributed by atoms with Gasteiger partial charge in [-0.15, -0.1) is 0 Å². The van der Waals surface area contributed by atoms with Gasteiger partial charge in [0, 0.05) is 35.3 Å². The zero-order valence-corrected chi connectivity index (χ0v) is 17.9. The van der Waals surface area contributed by atoms with E-state index in [0.717, 1.165) is 19.0 Å². The van der Waals surface area contributed by atoms with Gasteiger partial charge in [0.05, 0.1) is 4.90 Å². The average Bonchev–Trinajstić information content (AvgIpc) is 2.81. The quantitative estimate of drug-likeness (QED) is 0.540. The second kappa shape index (κ2) is 8.93. The molecule has 0 bridgehead atoms. The number of nitrogen functional groups attached to an aromatic ring is 1. The van der Waals surface area contributed by atoms with E-state index in [1.807, 2.05) is 0 Å². The van der Waals surface area contributed by atoms with Crippen LogP contribution < -0.4 is 11.1 Å².